The molecule has 2 rings (SSSR count). The van der Waals surface area contributed by atoms with Gasteiger partial charge in [0, 0.05) is 25.8 Å². The summed E-state index contributed by atoms with van der Waals surface area (Å²) < 4.78 is 0.981. The number of aryl methyl sites for hydroxylation is 1. The molecule has 1 aromatic heterocycles. The molecule has 1 aliphatic heterocycles. The standard InChI is InChI=1S/C10H15BrN4/c1-8-13-7-9(11)10(14-8)15-5-2-3-12-4-6-15/h7,12H,2-6H2,1H3. The van der Waals surface area contributed by atoms with Crippen LogP contribution in [0.1, 0.15) is 12.2 Å². The lowest BCUT2D eigenvalue weighted by molar-refractivity contribution is 0.724. The van der Waals surface area contributed by atoms with Crippen molar-refractivity contribution < 1.29 is 0 Å². The molecule has 2 heterocycles. The average molecular weight is 271 g/mol. The normalized spacial score (nSPS) is 17.6. The van der Waals surface area contributed by atoms with Crippen molar-refractivity contribution in [3.63, 3.8) is 0 Å². The van der Waals surface area contributed by atoms with Gasteiger partial charge in [0.1, 0.15) is 11.6 Å². The summed E-state index contributed by atoms with van der Waals surface area (Å²) in [6, 6.07) is 0. The van der Waals surface area contributed by atoms with Gasteiger partial charge in [0.2, 0.25) is 0 Å². The molecule has 5 heteroatoms. The quantitative estimate of drug-likeness (QED) is 0.837. The number of hydrogen-bond acceptors (Lipinski definition) is 4. The van der Waals surface area contributed by atoms with E-state index < -0.39 is 0 Å². The number of nitrogens with one attached hydrogen (secondary N) is 1. The summed E-state index contributed by atoms with van der Waals surface area (Å²) >= 11 is 3.50. The maximum atomic E-state index is 4.48. The molecular weight excluding hydrogens is 256 g/mol. The minimum absolute atomic E-state index is 0.824. The van der Waals surface area contributed by atoms with Crippen LogP contribution in [0, 0.1) is 6.92 Å². The third-order valence-electron chi connectivity index (χ3n) is 2.49. The van der Waals surface area contributed by atoms with Crippen molar-refractivity contribution in [3.8, 4) is 0 Å². The molecule has 82 valence electrons. The highest BCUT2D eigenvalue weighted by atomic mass is 79.9. The summed E-state index contributed by atoms with van der Waals surface area (Å²) in [7, 11) is 0. The van der Waals surface area contributed by atoms with Gasteiger partial charge in [-0.05, 0) is 35.8 Å². The van der Waals surface area contributed by atoms with E-state index in [2.05, 4.69) is 36.1 Å². The Bertz CT molecular complexity index is 334. The Morgan fingerprint density at radius 3 is 3.13 bits per heavy atom. The van der Waals surface area contributed by atoms with Gasteiger partial charge < -0.3 is 10.2 Å². The van der Waals surface area contributed by atoms with Gasteiger partial charge in [0.25, 0.3) is 0 Å². The predicted molar refractivity (Wildman–Crippen MR) is 64.2 cm³/mol. The fourth-order valence-electron chi connectivity index (χ4n) is 1.72. The van der Waals surface area contributed by atoms with Crippen LogP contribution in [-0.2, 0) is 0 Å². The molecule has 0 atom stereocenters. The van der Waals surface area contributed by atoms with Crippen molar-refractivity contribution in [2.24, 2.45) is 0 Å². The summed E-state index contributed by atoms with van der Waals surface area (Å²) in [5.74, 6) is 1.84. The summed E-state index contributed by atoms with van der Waals surface area (Å²) in [5.41, 5.74) is 0. The first kappa shape index (κ1) is 10.8. The van der Waals surface area contributed by atoms with Crippen LogP contribution >= 0.6 is 15.9 Å². The molecular formula is C10H15BrN4. The molecule has 4 nitrogen and oxygen atoms in total. The Balaban J connectivity index is 2.22. The molecule has 0 radical (unpaired) electrons. The first-order valence-electron chi connectivity index (χ1n) is 5.22. The van der Waals surface area contributed by atoms with E-state index in [1.54, 1.807) is 0 Å². The van der Waals surface area contributed by atoms with E-state index in [0.29, 0.717) is 0 Å². The number of hydrogen-bond donors (Lipinski definition) is 1. The maximum Gasteiger partial charge on any atom is 0.146 e. The smallest absolute Gasteiger partial charge is 0.146 e. The third-order valence-corrected chi connectivity index (χ3v) is 3.05. The highest BCUT2D eigenvalue weighted by molar-refractivity contribution is 9.10. The van der Waals surface area contributed by atoms with E-state index in [1.807, 2.05) is 13.1 Å². The number of rotatable bonds is 1. The fourth-order valence-corrected chi connectivity index (χ4v) is 2.16. The second kappa shape index (κ2) is 4.90. The molecule has 1 N–H and O–H groups in total. The SMILES string of the molecule is Cc1ncc(Br)c(N2CCCNCC2)n1. The van der Waals surface area contributed by atoms with Crippen LogP contribution < -0.4 is 10.2 Å². The zero-order valence-electron chi connectivity index (χ0n) is 8.83. The molecule has 15 heavy (non-hydrogen) atoms. The average Bonchev–Trinajstić information content (AvgIpc) is 2.50. The van der Waals surface area contributed by atoms with Crippen molar-refractivity contribution in [1.29, 1.82) is 0 Å². The van der Waals surface area contributed by atoms with Gasteiger partial charge in [-0.15, -0.1) is 0 Å². The van der Waals surface area contributed by atoms with Crippen molar-refractivity contribution >= 4 is 21.7 Å². The van der Waals surface area contributed by atoms with E-state index >= 15 is 0 Å². The maximum absolute atomic E-state index is 4.48. The third kappa shape index (κ3) is 2.66. The van der Waals surface area contributed by atoms with Gasteiger partial charge in [-0.1, -0.05) is 0 Å². The molecule has 0 spiro atoms. The van der Waals surface area contributed by atoms with E-state index in [-0.39, 0.29) is 0 Å². The Kier molecular flexibility index (Phi) is 3.53. The van der Waals surface area contributed by atoms with Crippen LogP contribution in [0.15, 0.2) is 10.7 Å². The minimum Gasteiger partial charge on any atom is -0.354 e. The first-order valence-corrected chi connectivity index (χ1v) is 6.01. The zero-order chi connectivity index (χ0) is 10.7. The van der Waals surface area contributed by atoms with Crippen LogP contribution in [0.5, 0.6) is 0 Å². The minimum atomic E-state index is 0.824. The van der Waals surface area contributed by atoms with Gasteiger partial charge in [-0.2, -0.15) is 0 Å². The lowest BCUT2D eigenvalue weighted by Gasteiger charge is -2.22. The molecule has 1 fully saturated rings. The van der Waals surface area contributed by atoms with E-state index in [1.165, 1.54) is 0 Å². The van der Waals surface area contributed by atoms with E-state index in [4.69, 9.17) is 0 Å². The molecule has 0 amide bonds. The highest BCUT2D eigenvalue weighted by Crippen LogP contribution is 2.23. The van der Waals surface area contributed by atoms with Gasteiger partial charge in [0.15, 0.2) is 0 Å². The molecule has 0 aliphatic carbocycles. The first-order chi connectivity index (χ1) is 7.27. The van der Waals surface area contributed by atoms with Crippen molar-refractivity contribution in [2.45, 2.75) is 13.3 Å². The van der Waals surface area contributed by atoms with Gasteiger partial charge in [-0.25, -0.2) is 9.97 Å². The van der Waals surface area contributed by atoms with Crippen LogP contribution in [0.3, 0.4) is 0 Å². The molecule has 1 aliphatic rings. The van der Waals surface area contributed by atoms with Gasteiger partial charge in [0.05, 0.1) is 4.47 Å². The molecule has 0 aromatic carbocycles. The predicted octanol–water partition coefficient (Wildman–Crippen LogP) is 1.35. The molecule has 0 bridgehead atoms. The lowest BCUT2D eigenvalue weighted by Crippen LogP contribution is -2.29. The van der Waals surface area contributed by atoms with Crippen LogP contribution in [0.4, 0.5) is 5.82 Å². The lowest BCUT2D eigenvalue weighted by atomic mass is 10.4. The summed E-state index contributed by atoms with van der Waals surface area (Å²) in [5, 5.41) is 3.38. The summed E-state index contributed by atoms with van der Waals surface area (Å²) in [6.07, 6.45) is 2.99. The Morgan fingerprint density at radius 2 is 2.27 bits per heavy atom. The second-order valence-corrected chi connectivity index (χ2v) is 4.53. The number of halogens is 1. The Labute approximate surface area is 98.2 Å². The molecule has 1 saturated heterocycles. The Morgan fingerprint density at radius 1 is 1.40 bits per heavy atom. The summed E-state index contributed by atoms with van der Waals surface area (Å²) in [6.45, 7) is 6.11. The van der Waals surface area contributed by atoms with E-state index in [0.717, 1.165) is 48.7 Å². The monoisotopic (exact) mass is 270 g/mol. The van der Waals surface area contributed by atoms with Crippen molar-refractivity contribution in [1.82, 2.24) is 15.3 Å². The number of anilines is 1. The molecule has 1 aromatic rings. The Hall–Kier alpha value is -0.680. The second-order valence-electron chi connectivity index (χ2n) is 3.68. The van der Waals surface area contributed by atoms with Gasteiger partial charge >= 0.3 is 0 Å². The van der Waals surface area contributed by atoms with Crippen LogP contribution in [0.25, 0.3) is 0 Å². The number of nitrogens with zero attached hydrogens (tertiary/aromatic N) is 3. The van der Waals surface area contributed by atoms with Crippen LogP contribution in [0.2, 0.25) is 0 Å². The highest BCUT2D eigenvalue weighted by Gasteiger charge is 2.13. The largest absolute Gasteiger partial charge is 0.354 e. The topological polar surface area (TPSA) is 41.1 Å². The van der Waals surface area contributed by atoms with Gasteiger partial charge in [-0.3, -0.25) is 0 Å². The van der Waals surface area contributed by atoms with Crippen molar-refractivity contribution in [3.05, 3.63) is 16.5 Å². The molecule has 0 saturated carbocycles. The number of aromatic nitrogens is 2. The van der Waals surface area contributed by atoms with Crippen LogP contribution in [-0.4, -0.2) is 36.1 Å². The zero-order valence-corrected chi connectivity index (χ0v) is 10.4. The van der Waals surface area contributed by atoms with E-state index in [9.17, 15) is 0 Å². The molecule has 0 unspecified atom stereocenters. The fraction of sp³-hybridized carbons (Fsp3) is 0.600. The summed E-state index contributed by atoms with van der Waals surface area (Å²) in [4.78, 5) is 10.9. The van der Waals surface area contributed by atoms with Crippen molar-refractivity contribution in [2.75, 3.05) is 31.1 Å².